The van der Waals surface area contributed by atoms with Crippen LogP contribution in [0.25, 0.3) is 0 Å². The molecular weight excluding hydrogens is 519 g/mol. The number of hydrogen-bond donors (Lipinski definition) is 0. The van der Waals surface area contributed by atoms with Gasteiger partial charge in [0.1, 0.15) is 23.8 Å². The second-order valence-electron chi connectivity index (χ2n) is 10.2. The number of rotatable bonds is 11. The minimum absolute atomic E-state index is 0.00762. The zero-order chi connectivity index (χ0) is 28.5. The van der Waals surface area contributed by atoms with E-state index in [0.717, 1.165) is 37.9 Å². The van der Waals surface area contributed by atoms with E-state index >= 15 is 0 Å². The second-order valence-corrected chi connectivity index (χ2v) is 10.2. The summed E-state index contributed by atoms with van der Waals surface area (Å²) in [5.74, 6) is 1.61. The van der Waals surface area contributed by atoms with Crippen LogP contribution < -0.4 is 18.9 Å². The molecule has 9 nitrogen and oxygen atoms in total. The molecule has 0 aliphatic carbocycles. The van der Waals surface area contributed by atoms with Crippen molar-refractivity contribution in [3.05, 3.63) is 47.8 Å². The summed E-state index contributed by atoms with van der Waals surface area (Å²) in [7, 11) is 4.65. The molecule has 4 rings (SSSR count). The van der Waals surface area contributed by atoms with Gasteiger partial charge in [0.05, 0.1) is 40.9 Å². The van der Waals surface area contributed by atoms with Gasteiger partial charge in [-0.1, -0.05) is 6.07 Å². The average molecular weight is 559 g/mol. The van der Waals surface area contributed by atoms with Crippen LogP contribution >= 0.6 is 0 Å². The molecule has 2 heterocycles. The smallest absolute Gasteiger partial charge is 0.225 e. The third kappa shape index (κ3) is 7.15. The predicted molar refractivity (Wildman–Crippen MR) is 147 cm³/mol. The standard InChI is InChI=1S/C30H39FN2O7/c1-36-25-13-7-22(28(37-2)29(25)38-3)8-14-26(34)33-17-18-40-30(20-33,19-27(35)32-15-5-4-6-16-32)21-39-24-11-9-23(31)10-12-24/h7,9-13H,4-6,8,14-21H2,1-3H3. The molecule has 0 spiro atoms. The molecule has 0 radical (unpaired) electrons. The molecule has 2 aliphatic heterocycles. The maximum atomic E-state index is 13.4. The van der Waals surface area contributed by atoms with Crippen molar-refractivity contribution in [2.24, 2.45) is 0 Å². The Balaban J connectivity index is 1.47. The van der Waals surface area contributed by atoms with Crippen molar-refractivity contribution in [2.45, 2.75) is 44.1 Å². The Hall–Kier alpha value is -3.53. The Morgan fingerprint density at radius 1 is 0.875 bits per heavy atom. The van der Waals surface area contributed by atoms with Crippen molar-refractivity contribution >= 4 is 11.8 Å². The third-order valence-corrected chi connectivity index (χ3v) is 7.49. The largest absolute Gasteiger partial charge is 0.493 e. The van der Waals surface area contributed by atoms with E-state index in [2.05, 4.69) is 0 Å². The SMILES string of the molecule is COc1ccc(CCC(=O)N2CCOC(COc3ccc(F)cc3)(CC(=O)N3CCCCC3)C2)c(OC)c1OC. The van der Waals surface area contributed by atoms with E-state index in [4.69, 9.17) is 23.7 Å². The van der Waals surface area contributed by atoms with Crippen molar-refractivity contribution in [2.75, 3.05) is 60.7 Å². The molecule has 2 aliphatic rings. The molecule has 2 aromatic rings. The lowest BCUT2D eigenvalue weighted by Gasteiger charge is -2.43. The van der Waals surface area contributed by atoms with Gasteiger partial charge in [-0.25, -0.2) is 4.39 Å². The fraction of sp³-hybridized carbons (Fsp3) is 0.533. The Kier molecular flexibility index (Phi) is 10.1. The molecule has 0 saturated carbocycles. The number of amides is 2. The highest BCUT2D eigenvalue weighted by atomic mass is 19.1. The summed E-state index contributed by atoms with van der Waals surface area (Å²) in [4.78, 5) is 30.3. The van der Waals surface area contributed by atoms with Crippen LogP contribution in [0.3, 0.4) is 0 Å². The van der Waals surface area contributed by atoms with E-state index in [-0.39, 0.29) is 50.2 Å². The number of morpholine rings is 1. The van der Waals surface area contributed by atoms with Crippen LogP contribution in [0.5, 0.6) is 23.0 Å². The highest BCUT2D eigenvalue weighted by Gasteiger charge is 2.42. The number of methoxy groups -OCH3 is 3. The number of piperidine rings is 1. The summed E-state index contributed by atoms with van der Waals surface area (Å²) in [5.41, 5.74) is -0.189. The van der Waals surface area contributed by atoms with Crippen LogP contribution in [0, 0.1) is 5.82 Å². The topological polar surface area (TPSA) is 86.8 Å². The van der Waals surface area contributed by atoms with E-state index in [0.29, 0.717) is 36.0 Å². The lowest BCUT2D eigenvalue weighted by molar-refractivity contribution is -0.166. The molecule has 1 unspecified atom stereocenters. The van der Waals surface area contributed by atoms with Gasteiger partial charge in [-0.3, -0.25) is 9.59 Å². The highest BCUT2D eigenvalue weighted by Crippen LogP contribution is 2.40. The van der Waals surface area contributed by atoms with Crippen molar-refractivity contribution in [1.82, 2.24) is 9.80 Å². The highest BCUT2D eigenvalue weighted by molar-refractivity contribution is 5.79. The monoisotopic (exact) mass is 558 g/mol. The predicted octanol–water partition coefficient (Wildman–Crippen LogP) is 3.86. The summed E-state index contributed by atoms with van der Waals surface area (Å²) in [6.07, 6.45) is 3.85. The minimum Gasteiger partial charge on any atom is -0.493 e. The number of carbonyl (C=O) groups excluding carboxylic acids is 2. The molecule has 2 fully saturated rings. The van der Waals surface area contributed by atoms with Crippen LogP contribution in [0.15, 0.2) is 36.4 Å². The molecule has 2 saturated heterocycles. The lowest BCUT2D eigenvalue weighted by atomic mass is 9.95. The summed E-state index contributed by atoms with van der Waals surface area (Å²) in [6, 6.07) is 9.38. The van der Waals surface area contributed by atoms with Crippen molar-refractivity contribution in [1.29, 1.82) is 0 Å². The van der Waals surface area contributed by atoms with E-state index in [9.17, 15) is 14.0 Å². The number of ether oxygens (including phenoxy) is 5. The lowest BCUT2D eigenvalue weighted by Crippen LogP contribution is -2.58. The fourth-order valence-corrected chi connectivity index (χ4v) is 5.34. The maximum absolute atomic E-state index is 13.4. The van der Waals surface area contributed by atoms with Gasteiger partial charge in [0.25, 0.3) is 0 Å². The van der Waals surface area contributed by atoms with Crippen molar-refractivity contribution in [3.8, 4) is 23.0 Å². The van der Waals surface area contributed by atoms with Gasteiger partial charge < -0.3 is 33.5 Å². The fourth-order valence-electron chi connectivity index (χ4n) is 5.34. The first-order valence-corrected chi connectivity index (χ1v) is 13.7. The molecular formula is C30H39FN2O7. The summed E-state index contributed by atoms with van der Waals surface area (Å²) in [5, 5.41) is 0. The zero-order valence-corrected chi connectivity index (χ0v) is 23.6. The van der Waals surface area contributed by atoms with Gasteiger partial charge in [0, 0.05) is 26.1 Å². The molecule has 1 atom stereocenters. The molecule has 2 amide bonds. The Labute approximate surface area is 235 Å². The summed E-state index contributed by atoms with van der Waals surface area (Å²) >= 11 is 0. The summed E-state index contributed by atoms with van der Waals surface area (Å²) < 4.78 is 42.0. The number of benzene rings is 2. The van der Waals surface area contributed by atoms with E-state index in [1.165, 1.54) is 24.3 Å². The number of hydrogen-bond acceptors (Lipinski definition) is 7. The number of likely N-dealkylation sites (tertiary alicyclic amines) is 1. The average Bonchev–Trinajstić information content (AvgIpc) is 2.99. The molecule has 0 N–H and O–H groups in total. The molecule has 0 aromatic heterocycles. The molecule has 10 heteroatoms. The van der Waals surface area contributed by atoms with E-state index < -0.39 is 5.60 Å². The Morgan fingerprint density at radius 3 is 2.27 bits per heavy atom. The van der Waals surface area contributed by atoms with Crippen LogP contribution in [0.4, 0.5) is 4.39 Å². The number of aryl methyl sites for hydroxylation is 1. The van der Waals surface area contributed by atoms with Gasteiger partial charge in [-0.15, -0.1) is 0 Å². The number of nitrogens with zero attached hydrogens (tertiary/aromatic N) is 2. The maximum Gasteiger partial charge on any atom is 0.225 e. The molecule has 218 valence electrons. The van der Waals surface area contributed by atoms with Gasteiger partial charge in [-0.05, 0) is 61.6 Å². The second kappa shape index (κ2) is 13.7. The van der Waals surface area contributed by atoms with Crippen LogP contribution in [-0.4, -0.2) is 87.9 Å². The zero-order valence-electron chi connectivity index (χ0n) is 23.6. The first-order valence-electron chi connectivity index (χ1n) is 13.7. The number of carbonyl (C=O) groups is 2. The van der Waals surface area contributed by atoms with Crippen LogP contribution in [-0.2, 0) is 20.7 Å². The Bertz CT molecular complexity index is 1150. The third-order valence-electron chi connectivity index (χ3n) is 7.49. The van der Waals surface area contributed by atoms with Gasteiger partial charge in [0.15, 0.2) is 11.5 Å². The van der Waals surface area contributed by atoms with Crippen molar-refractivity contribution < 1.29 is 37.7 Å². The molecule has 0 bridgehead atoms. The quantitative estimate of drug-likeness (QED) is 0.414. The Morgan fingerprint density at radius 2 is 1.60 bits per heavy atom. The van der Waals surface area contributed by atoms with Crippen molar-refractivity contribution in [3.63, 3.8) is 0 Å². The molecule has 2 aromatic carbocycles. The normalized spacial score (nSPS) is 19.2. The van der Waals surface area contributed by atoms with Crippen LogP contribution in [0.2, 0.25) is 0 Å². The van der Waals surface area contributed by atoms with Crippen LogP contribution in [0.1, 0.15) is 37.7 Å². The molecule has 40 heavy (non-hydrogen) atoms. The van der Waals surface area contributed by atoms with Gasteiger partial charge >= 0.3 is 0 Å². The first-order chi connectivity index (χ1) is 19.4. The number of halogens is 1. The minimum atomic E-state index is -1.02. The van der Waals surface area contributed by atoms with Gasteiger partial charge in [-0.2, -0.15) is 0 Å². The summed E-state index contributed by atoms with van der Waals surface area (Å²) in [6.45, 7) is 2.43. The van der Waals surface area contributed by atoms with E-state index in [1.54, 1.807) is 32.3 Å². The van der Waals surface area contributed by atoms with Gasteiger partial charge in [0.2, 0.25) is 17.6 Å². The first kappa shape index (κ1) is 29.5. The van der Waals surface area contributed by atoms with E-state index in [1.807, 2.05) is 11.0 Å².